The maximum absolute atomic E-state index is 14.0. The highest BCUT2D eigenvalue weighted by Crippen LogP contribution is 2.52. The van der Waals surface area contributed by atoms with Gasteiger partial charge in [0, 0.05) is 11.3 Å². The Labute approximate surface area is 187 Å². The van der Waals surface area contributed by atoms with E-state index in [-0.39, 0.29) is 6.54 Å². The van der Waals surface area contributed by atoms with Gasteiger partial charge in [0.25, 0.3) is 10.8 Å². The Morgan fingerprint density at radius 2 is 1.44 bits per heavy atom. The molecule has 6 nitrogen and oxygen atoms in total. The van der Waals surface area contributed by atoms with E-state index in [0.717, 1.165) is 16.7 Å². The van der Waals surface area contributed by atoms with Gasteiger partial charge in [-0.15, -0.1) is 0 Å². The number of hydrogen-bond donors (Lipinski definition) is 0. The van der Waals surface area contributed by atoms with Crippen LogP contribution in [0.25, 0.3) is 0 Å². The van der Waals surface area contributed by atoms with Crippen molar-refractivity contribution in [1.82, 2.24) is 0 Å². The number of fused-ring (bicyclic) bond motifs is 2. The van der Waals surface area contributed by atoms with Crippen LogP contribution in [0.3, 0.4) is 0 Å². The molecule has 2 heterocycles. The summed E-state index contributed by atoms with van der Waals surface area (Å²) in [6.45, 7) is 4.09. The molecule has 5 rings (SSSR count). The summed E-state index contributed by atoms with van der Waals surface area (Å²) in [6, 6.07) is 21.6. The van der Waals surface area contributed by atoms with Gasteiger partial charge in [0.1, 0.15) is 5.75 Å². The van der Waals surface area contributed by atoms with Gasteiger partial charge in [0.05, 0.1) is 12.2 Å². The van der Waals surface area contributed by atoms with Crippen molar-refractivity contribution in [2.75, 3.05) is 15.6 Å². The standard InChI is InChI=1S/C25H22N2O4S/c1-17-7-11-19(12-8-17)15-26-22-6-4-3-5-21(22)25(24(26)29)27(23(28)16-32(25,30)31)20-13-9-18(2)10-14-20/h3-14H,15-16H2,1-2H3/t25-/m1/s1. The van der Waals surface area contributed by atoms with E-state index in [0.29, 0.717) is 16.9 Å². The number of rotatable bonds is 3. The Morgan fingerprint density at radius 3 is 2.09 bits per heavy atom. The van der Waals surface area contributed by atoms with E-state index in [1.807, 2.05) is 38.1 Å². The molecule has 0 unspecified atom stereocenters. The molecule has 0 saturated carbocycles. The molecule has 2 aliphatic heterocycles. The number of anilines is 2. The largest absolute Gasteiger partial charge is 0.304 e. The van der Waals surface area contributed by atoms with Crippen molar-refractivity contribution in [2.24, 2.45) is 0 Å². The molecule has 1 saturated heterocycles. The van der Waals surface area contributed by atoms with Crippen molar-refractivity contribution in [2.45, 2.75) is 25.3 Å². The van der Waals surface area contributed by atoms with Crippen molar-refractivity contribution in [1.29, 1.82) is 0 Å². The molecular weight excluding hydrogens is 424 g/mol. The van der Waals surface area contributed by atoms with Crippen LogP contribution in [0.5, 0.6) is 0 Å². The lowest BCUT2D eigenvalue weighted by Gasteiger charge is -2.32. The lowest BCUT2D eigenvalue weighted by Crippen LogP contribution is -2.54. The molecule has 1 atom stereocenters. The summed E-state index contributed by atoms with van der Waals surface area (Å²) in [5, 5.41) is 0. The van der Waals surface area contributed by atoms with Crippen molar-refractivity contribution >= 4 is 33.0 Å². The first-order valence-corrected chi connectivity index (χ1v) is 12.0. The maximum atomic E-state index is 14.0. The van der Waals surface area contributed by atoms with Gasteiger partial charge < -0.3 is 4.90 Å². The molecule has 0 aliphatic carbocycles. The van der Waals surface area contributed by atoms with Gasteiger partial charge in [-0.3, -0.25) is 14.5 Å². The maximum Gasteiger partial charge on any atom is 0.274 e. The fourth-order valence-corrected chi connectivity index (χ4v) is 6.65. The first-order chi connectivity index (χ1) is 15.3. The number of nitrogens with zero attached hydrogens (tertiary/aromatic N) is 2. The van der Waals surface area contributed by atoms with E-state index in [2.05, 4.69) is 0 Å². The van der Waals surface area contributed by atoms with E-state index in [1.54, 1.807) is 48.5 Å². The SMILES string of the molecule is Cc1ccc(CN2C(=O)[C@]3(c4ccccc42)N(c2ccc(C)cc2)C(=O)CS3(=O)=O)cc1. The third kappa shape index (κ3) is 2.74. The third-order valence-corrected chi connectivity index (χ3v) is 8.28. The molecule has 3 aromatic carbocycles. The predicted molar refractivity (Wildman–Crippen MR) is 123 cm³/mol. The zero-order valence-corrected chi connectivity index (χ0v) is 18.6. The van der Waals surface area contributed by atoms with Gasteiger partial charge in [-0.05, 0) is 37.6 Å². The third-order valence-electron chi connectivity index (χ3n) is 6.18. The van der Waals surface area contributed by atoms with E-state index < -0.39 is 32.3 Å². The minimum Gasteiger partial charge on any atom is -0.304 e. The number of amides is 2. The Hall–Kier alpha value is -3.45. The second kappa shape index (κ2) is 7.03. The van der Waals surface area contributed by atoms with E-state index in [1.165, 1.54) is 9.80 Å². The molecule has 2 amide bonds. The van der Waals surface area contributed by atoms with Crippen LogP contribution in [0, 0.1) is 13.8 Å². The summed E-state index contributed by atoms with van der Waals surface area (Å²) >= 11 is 0. The first kappa shape index (κ1) is 20.5. The van der Waals surface area contributed by atoms with Crippen LogP contribution in [0.15, 0.2) is 72.8 Å². The summed E-state index contributed by atoms with van der Waals surface area (Å²) in [7, 11) is -4.15. The van der Waals surface area contributed by atoms with Crippen molar-refractivity contribution in [3.05, 3.63) is 95.1 Å². The smallest absolute Gasteiger partial charge is 0.274 e. The Balaban J connectivity index is 1.72. The van der Waals surface area contributed by atoms with Gasteiger partial charge in [-0.2, -0.15) is 0 Å². The molecule has 0 N–H and O–H groups in total. The summed E-state index contributed by atoms with van der Waals surface area (Å²) in [5.41, 5.74) is 4.16. The molecule has 3 aromatic rings. The molecule has 1 fully saturated rings. The number of benzene rings is 3. The van der Waals surface area contributed by atoms with Gasteiger partial charge in [-0.25, -0.2) is 8.42 Å². The normalized spacial score (nSPS) is 21.4. The van der Waals surface area contributed by atoms with Gasteiger partial charge >= 0.3 is 0 Å². The zero-order chi connectivity index (χ0) is 22.7. The fourth-order valence-electron chi connectivity index (χ4n) is 4.62. The van der Waals surface area contributed by atoms with Gasteiger partial charge in [-0.1, -0.05) is 65.7 Å². The number of aryl methyl sites for hydroxylation is 2. The van der Waals surface area contributed by atoms with Crippen LogP contribution in [0.1, 0.15) is 22.3 Å². The predicted octanol–water partition coefficient (Wildman–Crippen LogP) is 3.46. The number of hydrogen-bond acceptors (Lipinski definition) is 4. The Kier molecular flexibility index (Phi) is 4.49. The highest BCUT2D eigenvalue weighted by molar-refractivity contribution is 7.94. The van der Waals surface area contributed by atoms with Gasteiger partial charge in [0.2, 0.25) is 5.91 Å². The fraction of sp³-hybridized carbons (Fsp3) is 0.200. The minimum absolute atomic E-state index is 0.212. The van der Waals surface area contributed by atoms with Crippen LogP contribution in [0.4, 0.5) is 11.4 Å². The Morgan fingerprint density at radius 1 is 0.844 bits per heavy atom. The molecule has 1 spiro atoms. The monoisotopic (exact) mass is 446 g/mol. The van der Waals surface area contributed by atoms with E-state index in [4.69, 9.17) is 0 Å². The van der Waals surface area contributed by atoms with Crippen molar-refractivity contribution in [3.63, 3.8) is 0 Å². The van der Waals surface area contributed by atoms with Crippen molar-refractivity contribution in [3.8, 4) is 0 Å². The summed E-state index contributed by atoms with van der Waals surface area (Å²) in [5.74, 6) is -1.93. The van der Waals surface area contributed by atoms with Crippen LogP contribution in [-0.4, -0.2) is 26.0 Å². The number of carbonyl (C=O) groups excluding carboxylic acids is 2. The summed E-state index contributed by atoms with van der Waals surface area (Å²) < 4.78 is 27.1. The highest BCUT2D eigenvalue weighted by Gasteiger charge is 2.69. The topological polar surface area (TPSA) is 74.8 Å². The highest BCUT2D eigenvalue weighted by atomic mass is 32.2. The molecule has 0 aromatic heterocycles. The Bertz CT molecular complexity index is 1350. The van der Waals surface area contributed by atoms with Crippen LogP contribution in [-0.2, 0) is 30.8 Å². The molecule has 0 bridgehead atoms. The molecule has 2 aliphatic rings. The molecular formula is C25H22N2O4S. The number of para-hydroxylation sites is 1. The quantitative estimate of drug-likeness (QED) is 0.618. The minimum atomic E-state index is -4.15. The van der Waals surface area contributed by atoms with Gasteiger partial charge in [0.15, 0.2) is 9.84 Å². The zero-order valence-electron chi connectivity index (χ0n) is 17.8. The van der Waals surface area contributed by atoms with Crippen LogP contribution in [0.2, 0.25) is 0 Å². The van der Waals surface area contributed by atoms with Crippen LogP contribution < -0.4 is 9.80 Å². The summed E-state index contributed by atoms with van der Waals surface area (Å²) in [6.07, 6.45) is 0. The second-order valence-electron chi connectivity index (χ2n) is 8.36. The molecule has 7 heteroatoms. The lowest BCUT2D eigenvalue weighted by atomic mass is 10.0. The molecule has 32 heavy (non-hydrogen) atoms. The van der Waals surface area contributed by atoms with E-state index >= 15 is 0 Å². The average Bonchev–Trinajstić information content (AvgIpc) is 3.13. The number of carbonyl (C=O) groups is 2. The average molecular weight is 447 g/mol. The lowest BCUT2D eigenvalue weighted by molar-refractivity contribution is -0.123. The molecule has 0 radical (unpaired) electrons. The van der Waals surface area contributed by atoms with E-state index in [9.17, 15) is 18.0 Å². The molecule has 162 valence electrons. The van der Waals surface area contributed by atoms with Crippen molar-refractivity contribution < 1.29 is 18.0 Å². The second-order valence-corrected chi connectivity index (χ2v) is 10.5. The van der Waals surface area contributed by atoms with Crippen LogP contribution >= 0.6 is 0 Å². The number of sulfone groups is 1. The summed E-state index contributed by atoms with van der Waals surface area (Å²) in [4.78, 5) is 27.7. The first-order valence-electron chi connectivity index (χ1n) is 10.3.